The van der Waals surface area contributed by atoms with Gasteiger partial charge >= 0.3 is 0 Å². The first-order valence-corrected chi connectivity index (χ1v) is 9.17. The maximum atomic E-state index is 6.27. The molecule has 5 nitrogen and oxygen atoms in total. The van der Waals surface area contributed by atoms with Crippen molar-refractivity contribution in [1.29, 1.82) is 0 Å². The Labute approximate surface area is 168 Å². The van der Waals surface area contributed by atoms with E-state index in [1.807, 2.05) is 72.8 Å². The second-order valence-corrected chi connectivity index (χ2v) is 6.52. The van der Waals surface area contributed by atoms with Crippen LogP contribution in [0.5, 0.6) is 5.75 Å². The first-order valence-electron chi connectivity index (χ1n) is 8.79. The minimum atomic E-state index is -0.346. The molecule has 4 rings (SSSR count). The van der Waals surface area contributed by atoms with Crippen LogP contribution < -0.4 is 10.1 Å². The fraction of sp³-hybridized carbons (Fsp3) is 0.0909. The first-order chi connectivity index (χ1) is 13.8. The third kappa shape index (κ3) is 3.70. The molecular formula is C22H18ClN3O2. The molecule has 0 radical (unpaired) electrons. The molecule has 1 atom stereocenters. The van der Waals surface area contributed by atoms with Gasteiger partial charge in [0.05, 0.1) is 23.4 Å². The normalized spacial score (nSPS) is 11.8. The van der Waals surface area contributed by atoms with Gasteiger partial charge in [0.2, 0.25) is 11.8 Å². The standard InChI is InChI=1S/C22H18ClN3O2/c1-27-19-14-8-7-13-18(19)24-20(15-9-3-2-4-10-15)22-26-25-21(28-22)16-11-5-6-12-17(16)23/h2-14,20,24H,1H3/t20-/m1/s1. The predicted octanol–water partition coefficient (Wildman–Crippen LogP) is 5.60. The van der Waals surface area contributed by atoms with Gasteiger partial charge in [-0.1, -0.05) is 66.2 Å². The zero-order valence-corrected chi connectivity index (χ0v) is 15.9. The number of nitrogens with one attached hydrogen (secondary N) is 1. The molecule has 6 heteroatoms. The highest BCUT2D eigenvalue weighted by molar-refractivity contribution is 6.33. The second-order valence-electron chi connectivity index (χ2n) is 6.11. The maximum absolute atomic E-state index is 6.27. The van der Waals surface area contributed by atoms with Crippen molar-refractivity contribution >= 4 is 17.3 Å². The fourth-order valence-corrected chi connectivity index (χ4v) is 3.16. The third-order valence-corrected chi connectivity index (χ3v) is 4.66. The lowest BCUT2D eigenvalue weighted by molar-refractivity contribution is 0.415. The van der Waals surface area contributed by atoms with Gasteiger partial charge in [-0.2, -0.15) is 0 Å². The Bertz CT molecular complexity index is 1070. The summed E-state index contributed by atoms with van der Waals surface area (Å²) in [6, 6.07) is 24.7. The Kier molecular flexibility index (Phi) is 5.26. The summed E-state index contributed by atoms with van der Waals surface area (Å²) >= 11 is 6.27. The molecule has 0 unspecified atom stereocenters. The van der Waals surface area contributed by atoms with Crippen LogP contribution in [0.3, 0.4) is 0 Å². The summed E-state index contributed by atoms with van der Waals surface area (Å²) < 4.78 is 11.5. The van der Waals surface area contributed by atoms with E-state index in [9.17, 15) is 0 Å². The topological polar surface area (TPSA) is 60.2 Å². The van der Waals surface area contributed by atoms with Crippen LogP contribution in [0, 0.1) is 0 Å². The van der Waals surface area contributed by atoms with E-state index in [4.69, 9.17) is 20.8 Å². The molecule has 28 heavy (non-hydrogen) atoms. The van der Waals surface area contributed by atoms with E-state index in [-0.39, 0.29) is 6.04 Å². The molecule has 0 saturated carbocycles. The Balaban J connectivity index is 1.74. The van der Waals surface area contributed by atoms with Crippen LogP contribution in [-0.2, 0) is 0 Å². The Hall–Kier alpha value is -3.31. The predicted molar refractivity (Wildman–Crippen MR) is 110 cm³/mol. The van der Waals surface area contributed by atoms with Crippen molar-refractivity contribution in [2.75, 3.05) is 12.4 Å². The number of hydrogen-bond donors (Lipinski definition) is 1. The minimum Gasteiger partial charge on any atom is -0.495 e. The van der Waals surface area contributed by atoms with Gasteiger partial charge in [-0.25, -0.2) is 0 Å². The Morgan fingerprint density at radius 1 is 0.893 bits per heavy atom. The SMILES string of the molecule is COc1ccccc1N[C@H](c1ccccc1)c1nnc(-c2ccccc2Cl)o1. The van der Waals surface area contributed by atoms with Crippen molar-refractivity contribution < 1.29 is 9.15 Å². The lowest BCUT2D eigenvalue weighted by atomic mass is 10.1. The monoisotopic (exact) mass is 391 g/mol. The summed E-state index contributed by atoms with van der Waals surface area (Å²) in [5.41, 5.74) is 2.52. The summed E-state index contributed by atoms with van der Waals surface area (Å²) in [4.78, 5) is 0. The molecular weight excluding hydrogens is 374 g/mol. The number of benzene rings is 3. The highest BCUT2D eigenvalue weighted by Gasteiger charge is 2.23. The van der Waals surface area contributed by atoms with Crippen LogP contribution >= 0.6 is 11.6 Å². The van der Waals surface area contributed by atoms with Crippen LogP contribution in [0.15, 0.2) is 83.3 Å². The molecule has 0 aliphatic rings. The number of ether oxygens (including phenoxy) is 1. The highest BCUT2D eigenvalue weighted by Crippen LogP contribution is 2.33. The second kappa shape index (κ2) is 8.15. The third-order valence-electron chi connectivity index (χ3n) is 4.33. The van der Waals surface area contributed by atoms with Crippen molar-refractivity contribution in [3.63, 3.8) is 0 Å². The van der Waals surface area contributed by atoms with Crippen LogP contribution in [0.1, 0.15) is 17.5 Å². The van der Waals surface area contributed by atoms with E-state index in [1.165, 1.54) is 0 Å². The van der Waals surface area contributed by atoms with Crippen molar-refractivity contribution in [1.82, 2.24) is 10.2 Å². The van der Waals surface area contributed by atoms with E-state index in [2.05, 4.69) is 15.5 Å². The average Bonchev–Trinajstić information content (AvgIpc) is 3.23. The summed E-state index contributed by atoms with van der Waals surface area (Å²) in [6.07, 6.45) is 0. The summed E-state index contributed by atoms with van der Waals surface area (Å²) in [7, 11) is 1.64. The van der Waals surface area contributed by atoms with Gasteiger partial charge in [0.1, 0.15) is 11.8 Å². The van der Waals surface area contributed by atoms with E-state index in [0.29, 0.717) is 22.4 Å². The largest absolute Gasteiger partial charge is 0.495 e. The number of methoxy groups -OCH3 is 1. The number of nitrogens with zero attached hydrogens (tertiary/aromatic N) is 2. The number of anilines is 1. The van der Waals surface area contributed by atoms with Gasteiger partial charge in [-0.3, -0.25) is 0 Å². The maximum Gasteiger partial charge on any atom is 0.249 e. The molecule has 0 fully saturated rings. The minimum absolute atomic E-state index is 0.346. The van der Waals surface area contributed by atoms with Crippen LogP contribution in [0.4, 0.5) is 5.69 Å². The van der Waals surface area contributed by atoms with Gasteiger partial charge in [0.25, 0.3) is 0 Å². The number of aromatic nitrogens is 2. The lowest BCUT2D eigenvalue weighted by Crippen LogP contribution is -2.13. The molecule has 0 aliphatic carbocycles. The molecule has 0 spiro atoms. The lowest BCUT2D eigenvalue weighted by Gasteiger charge is -2.18. The molecule has 4 aromatic rings. The number of halogens is 1. The molecule has 0 amide bonds. The van der Waals surface area contributed by atoms with Crippen LogP contribution in [-0.4, -0.2) is 17.3 Å². The average molecular weight is 392 g/mol. The molecule has 3 aromatic carbocycles. The van der Waals surface area contributed by atoms with E-state index < -0.39 is 0 Å². The fourth-order valence-electron chi connectivity index (χ4n) is 2.95. The number of rotatable bonds is 6. The highest BCUT2D eigenvalue weighted by atomic mass is 35.5. The molecule has 0 bridgehead atoms. The van der Waals surface area contributed by atoms with E-state index in [0.717, 1.165) is 17.0 Å². The van der Waals surface area contributed by atoms with Gasteiger partial charge in [0, 0.05) is 0 Å². The summed E-state index contributed by atoms with van der Waals surface area (Å²) in [5, 5.41) is 12.5. The number of hydrogen-bond acceptors (Lipinski definition) is 5. The molecule has 1 N–H and O–H groups in total. The molecule has 140 valence electrons. The van der Waals surface area contributed by atoms with Gasteiger partial charge in [-0.15, -0.1) is 10.2 Å². The van der Waals surface area contributed by atoms with Gasteiger partial charge in [0.15, 0.2) is 0 Å². The van der Waals surface area contributed by atoms with Crippen molar-refractivity contribution in [2.24, 2.45) is 0 Å². The Morgan fingerprint density at radius 3 is 2.39 bits per heavy atom. The smallest absolute Gasteiger partial charge is 0.249 e. The molecule has 1 heterocycles. The van der Waals surface area contributed by atoms with E-state index >= 15 is 0 Å². The quantitative estimate of drug-likeness (QED) is 0.463. The van der Waals surface area contributed by atoms with Crippen LogP contribution in [0.25, 0.3) is 11.5 Å². The molecule has 0 saturated heterocycles. The van der Waals surface area contributed by atoms with Crippen molar-refractivity contribution in [2.45, 2.75) is 6.04 Å². The van der Waals surface area contributed by atoms with Crippen molar-refractivity contribution in [3.05, 3.63) is 95.3 Å². The molecule has 1 aromatic heterocycles. The number of para-hydroxylation sites is 2. The van der Waals surface area contributed by atoms with Gasteiger partial charge < -0.3 is 14.5 Å². The summed E-state index contributed by atoms with van der Waals surface area (Å²) in [5.74, 6) is 1.55. The van der Waals surface area contributed by atoms with Gasteiger partial charge in [-0.05, 0) is 29.8 Å². The first kappa shape index (κ1) is 18.1. The van der Waals surface area contributed by atoms with Crippen LogP contribution in [0.2, 0.25) is 5.02 Å². The zero-order chi connectivity index (χ0) is 19.3. The van der Waals surface area contributed by atoms with E-state index in [1.54, 1.807) is 13.2 Å². The Morgan fingerprint density at radius 2 is 1.61 bits per heavy atom. The zero-order valence-electron chi connectivity index (χ0n) is 15.2. The summed E-state index contributed by atoms with van der Waals surface area (Å²) in [6.45, 7) is 0. The van der Waals surface area contributed by atoms with Crippen molar-refractivity contribution in [3.8, 4) is 17.2 Å². The molecule has 0 aliphatic heterocycles.